The first-order valence-electron chi connectivity index (χ1n) is 14.5. The van der Waals surface area contributed by atoms with E-state index in [2.05, 4.69) is 10.6 Å². The van der Waals surface area contributed by atoms with Gasteiger partial charge in [0.05, 0.1) is 0 Å². The number of ether oxygens (including phenoxy) is 1. The van der Waals surface area contributed by atoms with Gasteiger partial charge in [-0.2, -0.15) is 0 Å². The van der Waals surface area contributed by atoms with Crippen LogP contribution in [-0.4, -0.2) is 40.5 Å². The van der Waals surface area contributed by atoms with Crippen molar-refractivity contribution in [2.24, 2.45) is 5.92 Å². The molecule has 0 saturated heterocycles. The number of para-hydroxylation sites is 1. The van der Waals surface area contributed by atoms with Crippen LogP contribution in [0.25, 0.3) is 0 Å². The first kappa shape index (κ1) is 31.2. The molecule has 2 aromatic carbocycles. The van der Waals surface area contributed by atoms with Gasteiger partial charge in [-0.3, -0.25) is 9.59 Å². The van der Waals surface area contributed by atoms with E-state index in [1.807, 2.05) is 77.9 Å². The van der Waals surface area contributed by atoms with Crippen LogP contribution in [0.2, 0.25) is 0 Å². The van der Waals surface area contributed by atoms with Crippen molar-refractivity contribution >= 4 is 23.6 Å². The van der Waals surface area contributed by atoms with E-state index in [4.69, 9.17) is 4.74 Å². The summed E-state index contributed by atoms with van der Waals surface area (Å²) in [7, 11) is 0. The highest BCUT2D eigenvalue weighted by molar-refractivity contribution is 6.00. The molecule has 7 heteroatoms. The first-order chi connectivity index (χ1) is 18.7. The highest BCUT2D eigenvalue weighted by atomic mass is 16.6. The molecule has 1 saturated carbocycles. The largest absolute Gasteiger partial charge is 0.444 e. The van der Waals surface area contributed by atoms with Gasteiger partial charge in [0, 0.05) is 11.7 Å². The molecule has 0 bridgehead atoms. The Bertz CT molecular complexity index is 1210. The number of anilines is 1. The maximum absolute atomic E-state index is 14.5. The lowest BCUT2D eigenvalue weighted by Gasteiger charge is -2.44. The number of benzene rings is 2. The number of alkyl carbamates (subject to hydrolysis) is 1. The van der Waals surface area contributed by atoms with Gasteiger partial charge in [0.25, 0.3) is 5.91 Å². The number of nitrogens with one attached hydrogen (secondary N) is 2. The summed E-state index contributed by atoms with van der Waals surface area (Å²) in [5, 5.41) is 6.02. The Kier molecular flexibility index (Phi) is 10.0. The molecule has 1 aliphatic rings. The molecule has 3 amide bonds. The summed E-state index contributed by atoms with van der Waals surface area (Å²) in [6.45, 7) is 17.3. The Morgan fingerprint density at radius 3 is 2.10 bits per heavy atom. The average Bonchev–Trinajstić information content (AvgIpc) is 2.83. The molecule has 0 spiro atoms. The van der Waals surface area contributed by atoms with Crippen LogP contribution in [-0.2, 0) is 14.3 Å². The molecule has 3 rings (SSSR count). The molecule has 2 N–H and O–H groups in total. The number of amides is 3. The van der Waals surface area contributed by atoms with E-state index in [0.29, 0.717) is 6.42 Å². The number of rotatable bonds is 9. The Balaban J connectivity index is 2.10. The van der Waals surface area contributed by atoms with E-state index in [0.717, 1.165) is 52.8 Å². The molecule has 40 heavy (non-hydrogen) atoms. The molecular formula is C33H47N3O4. The fourth-order valence-corrected chi connectivity index (χ4v) is 5.04. The number of carbonyl (C=O) groups excluding carboxylic acids is 3. The molecule has 0 aliphatic heterocycles. The summed E-state index contributed by atoms with van der Waals surface area (Å²) in [5.74, 6) is -0.685. The highest BCUT2D eigenvalue weighted by Gasteiger charge is 2.43. The zero-order valence-corrected chi connectivity index (χ0v) is 25.7. The number of nitrogens with zero attached hydrogens (tertiary/aromatic N) is 1. The summed E-state index contributed by atoms with van der Waals surface area (Å²) in [4.78, 5) is 43.4. The second kappa shape index (κ2) is 12.9. The maximum Gasteiger partial charge on any atom is 0.408 e. The van der Waals surface area contributed by atoms with Crippen molar-refractivity contribution in [2.75, 3.05) is 5.32 Å². The van der Waals surface area contributed by atoms with Crippen LogP contribution in [0.4, 0.5) is 10.5 Å². The lowest BCUT2D eigenvalue weighted by atomic mass is 9.86. The molecule has 1 fully saturated rings. The summed E-state index contributed by atoms with van der Waals surface area (Å²) in [6.07, 6.45) is 2.64. The van der Waals surface area contributed by atoms with E-state index in [1.54, 1.807) is 25.7 Å². The SMILES string of the molecule is CCC(C)C(NC(=O)OC(C)(C)C)C(=O)N(C1CCC1)C(C(=O)Nc1c(C)cccc1C)c1ccc(C)c(C)c1. The molecule has 218 valence electrons. The van der Waals surface area contributed by atoms with Gasteiger partial charge < -0.3 is 20.3 Å². The van der Waals surface area contributed by atoms with Gasteiger partial charge in [-0.15, -0.1) is 0 Å². The summed E-state index contributed by atoms with van der Waals surface area (Å²) < 4.78 is 5.52. The molecule has 2 aromatic rings. The van der Waals surface area contributed by atoms with E-state index in [9.17, 15) is 14.4 Å². The second-order valence-corrected chi connectivity index (χ2v) is 12.3. The maximum atomic E-state index is 14.5. The summed E-state index contributed by atoms with van der Waals surface area (Å²) >= 11 is 0. The average molecular weight is 550 g/mol. The normalized spacial score (nSPS) is 15.8. The van der Waals surface area contributed by atoms with E-state index in [-0.39, 0.29) is 23.8 Å². The van der Waals surface area contributed by atoms with Crippen molar-refractivity contribution in [1.82, 2.24) is 10.2 Å². The van der Waals surface area contributed by atoms with Crippen molar-refractivity contribution in [3.8, 4) is 0 Å². The van der Waals surface area contributed by atoms with Gasteiger partial charge in [-0.1, -0.05) is 56.7 Å². The van der Waals surface area contributed by atoms with Gasteiger partial charge in [0.15, 0.2) is 0 Å². The molecule has 0 aromatic heterocycles. The third kappa shape index (κ3) is 7.43. The lowest BCUT2D eigenvalue weighted by molar-refractivity contribution is -0.147. The van der Waals surface area contributed by atoms with Gasteiger partial charge in [0.2, 0.25) is 5.91 Å². The van der Waals surface area contributed by atoms with Gasteiger partial charge in [-0.05, 0) is 101 Å². The fraction of sp³-hybridized carbons (Fsp3) is 0.545. The van der Waals surface area contributed by atoms with Gasteiger partial charge in [-0.25, -0.2) is 4.79 Å². The second-order valence-electron chi connectivity index (χ2n) is 12.3. The quantitative estimate of drug-likeness (QED) is 0.355. The molecule has 0 radical (unpaired) electrons. The van der Waals surface area contributed by atoms with Crippen molar-refractivity contribution in [3.05, 3.63) is 64.2 Å². The minimum Gasteiger partial charge on any atom is -0.444 e. The number of aryl methyl sites for hydroxylation is 4. The smallest absolute Gasteiger partial charge is 0.408 e. The van der Waals surface area contributed by atoms with Crippen LogP contribution < -0.4 is 10.6 Å². The number of hydrogen-bond acceptors (Lipinski definition) is 4. The van der Waals surface area contributed by atoms with Crippen molar-refractivity contribution in [2.45, 2.75) is 112 Å². The van der Waals surface area contributed by atoms with Crippen LogP contribution in [0.5, 0.6) is 0 Å². The zero-order chi connectivity index (χ0) is 29.8. The Morgan fingerprint density at radius 2 is 1.60 bits per heavy atom. The Labute approximate surface area is 240 Å². The Morgan fingerprint density at radius 1 is 0.975 bits per heavy atom. The summed E-state index contributed by atoms with van der Waals surface area (Å²) in [5.41, 5.74) is 4.89. The lowest BCUT2D eigenvalue weighted by Crippen LogP contribution is -2.58. The minimum absolute atomic E-state index is 0.102. The third-order valence-electron chi connectivity index (χ3n) is 7.98. The molecule has 7 nitrogen and oxygen atoms in total. The molecule has 3 unspecified atom stereocenters. The predicted octanol–water partition coefficient (Wildman–Crippen LogP) is 6.92. The van der Waals surface area contributed by atoms with Crippen LogP contribution in [0, 0.1) is 33.6 Å². The molecule has 3 atom stereocenters. The van der Waals surface area contributed by atoms with Crippen LogP contribution >= 0.6 is 0 Å². The third-order valence-corrected chi connectivity index (χ3v) is 7.98. The van der Waals surface area contributed by atoms with Crippen LogP contribution in [0.1, 0.15) is 94.2 Å². The number of hydrogen-bond donors (Lipinski definition) is 2. The van der Waals surface area contributed by atoms with E-state index < -0.39 is 23.8 Å². The predicted molar refractivity (Wildman–Crippen MR) is 160 cm³/mol. The minimum atomic E-state index is -0.858. The van der Waals surface area contributed by atoms with Crippen LogP contribution in [0.3, 0.4) is 0 Å². The summed E-state index contributed by atoms with van der Waals surface area (Å²) in [6, 6.07) is 10.0. The first-order valence-corrected chi connectivity index (χ1v) is 14.5. The topological polar surface area (TPSA) is 87.7 Å². The van der Waals surface area contributed by atoms with Crippen molar-refractivity contribution in [1.29, 1.82) is 0 Å². The van der Waals surface area contributed by atoms with E-state index in [1.165, 1.54) is 0 Å². The van der Waals surface area contributed by atoms with Gasteiger partial charge in [0.1, 0.15) is 17.7 Å². The zero-order valence-electron chi connectivity index (χ0n) is 25.7. The number of carbonyl (C=O) groups is 3. The van der Waals surface area contributed by atoms with Gasteiger partial charge >= 0.3 is 6.09 Å². The fourth-order valence-electron chi connectivity index (χ4n) is 5.04. The molecule has 1 aliphatic carbocycles. The molecular weight excluding hydrogens is 502 g/mol. The highest BCUT2D eigenvalue weighted by Crippen LogP contribution is 2.36. The van der Waals surface area contributed by atoms with Crippen LogP contribution in [0.15, 0.2) is 36.4 Å². The monoisotopic (exact) mass is 549 g/mol. The molecule has 0 heterocycles. The van der Waals surface area contributed by atoms with Crippen molar-refractivity contribution < 1.29 is 19.1 Å². The van der Waals surface area contributed by atoms with E-state index >= 15 is 0 Å². The van der Waals surface area contributed by atoms with Crippen molar-refractivity contribution in [3.63, 3.8) is 0 Å². The Hall–Kier alpha value is -3.35. The standard InChI is InChI=1S/C33H47N3O4/c1-10-20(2)28(35-32(39)40-33(7,8)9)31(38)36(26-15-12-16-26)29(25-18-17-21(3)24(6)19-25)30(37)34-27-22(4)13-11-14-23(27)5/h11,13-14,17-20,26,28-29H,10,12,15-16H2,1-9H3,(H,34,37)(H,35,39).